The summed E-state index contributed by atoms with van der Waals surface area (Å²) in [6.45, 7) is 0. The Bertz CT molecular complexity index is 918. The molecule has 0 aliphatic heterocycles. The summed E-state index contributed by atoms with van der Waals surface area (Å²) in [5, 5.41) is 16.2. The number of hydrogen-bond donors (Lipinski definition) is 2. The number of amides is 1. The molecule has 7 heteroatoms. The van der Waals surface area contributed by atoms with Gasteiger partial charge in [-0.1, -0.05) is 6.07 Å². The first kappa shape index (κ1) is 13.7. The van der Waals surface area contributed by atoms with Crippen molar-refractivity contribution >= 4 is 17.5 Å². The molecule has 0 bridgehead atoms. The average Bonchev–Trinajstić information content (AvgIpc) is 3.30. The number of nitrogens with one attached hydrogen (secondary N) is 1. The van der Waals surface area contributed by atoms with Crippen LogP contribution >= 0.6 is 0 Å². The maximum atomic E-state index is 13.6. The van der Waals surface area contributed by atoms with E-state index in [0.29, 0.717) is 16.8 Å². The zero-order chi connectivity index (χ0) is 16.0. The van der Waals surface area contributed by atoms with Crippen LogP contribution in [-0.2, 0) is 4.79 Å². The molecule has 3 aromatic rings. The van der Waals surface area contributed by atoms with Crippen LogP contribution in [0.25, 0.3) is 16.8 Å². The van der Waals surface area contributed by atoms with E-state index >= 15 is 0 Å². The molecule has 2 N–H and O–H groups in total. The molecule has 1 amide bonds. The lowest BCUT2D eigenvalue weighted by atomic mass is 10.1. The smallest absolute Gasteiger partial charge is 0.249 e. The number of aromatic hydroxyl groups is 1. The molecule has 1 fully saturated rings. The number of benzene rings is 1. The maximum Gasteiger partial charge on any atom is 0.249 e. The number of pyridine rings is 1. The summed E-state index contributed by atoms with van der Waals surface area (Å²) in [4.78, 5) is 16.1. The second kappa shape index (κ2) is 5.05. The van der Waals surface area contributed by atoms with Crippen LogP contribution in [0.1, 0.15) is 12.8 Å². The zero-order valence-electron chi connectivity index (χ0n) is 12.0. The van der Waals surface area contributed by atoms with Crippen LogP contribution in [0.4, 0.5) is 10.3 Å². The van der Waals surface area contributed by atoms with Crippen molar-refractivity contribution in [3.63, 3.8) is 0 Å². The van der Waals surface area contributed by atoms with Gasteiger partial charge in [-0.25, -0.2) is 8.91 Å². The number of carbonyl (C=O) groups excluding carboxylic acids is 1. The van der Waals surface area contributed by atoms with E-state index < -0.39 is 11.6 Å². The Morgan fingerprint density at radius 2 is 2.17 bits per heavy atom. The minimum atomic E-state index is -0.703. The number of hydrogen-bond acceptors (Lipinski definition) is 4. The number of carbonyl (C=O) groups is 1. The number of anilines is 1. The van der Waals surface area contributed by atoms with Crippen molar-refractivity contribution in [2.24, 2.45) is 5.92 Å². The Morgan fingerprint density at radius 3 is 2.91 bits per heavy atom. The Hall–Kier alpha value is -2.96. The number of halogens is 1. The lowest BCUT2D eigenvalue weighted by Gasteiger charge is -2.04. The van der Waals surface area contributed by atoms with Crippen molar-refractivity contribution < 1.29 is 14.3 Å². The standard InChI is InChI=1S/C16H13FN4O2/c17-12-8-10(5-6-13(12)22)11-2-1-7-21-14(11)18-16(20-21)19-15(23)9-3-4-9/h1-2,5-9,22H,3-4H2,(H,19,20,23). The number of phenolic OH excluding ortho intramolecular Hbond substituents is 1. The summed E-state index contributed by atoms with van der Waals surface area (Å²) in [5.41, 5.74) is 1.73. The van der Waals surface area contributed by atoms with Crippen molar-refractivity contribution in [2.45, 2.75) is 12.8 Å². The van der Waals surface area contributed by atoms with Gasteiger partial charge in [0.1, 0.15) is 0 Å². The summed E-state index contributed by atoms with van der Waals surface area (Å²) in [7, 11) is 0. The van der Waals surface area contributed by atoms with Crippen molar-refractivity contribution in [3.05, 3.63) is 42.3 Å². The summed E-state index contributed by atoms with van der Waals surface area (Å²) in [6, 6.07) is 7.67. The highest BCUT2D eigenvalue weighted by molar-refractivity contribution is 5.93. The first-order chi connectivity index (χ1) is 11.1. The summed E-state index contributed by atoms with van der Waals surface area (Å²) < 4.78 is 15.1. The normalized spacial score (nSPS) is 14.1. The third kappa shape index (κ3) is 2.50. The van der Waals surface area contributed by atoms with E-state index in [4.69, 9.17) is 0 Å². The number of phenols is 1. The van der Waals surface area contributed by atoms with Crippen LogP contribution < -0.4 is 5.32 Å². The third-order valence-corrected chi connectivity index (χ3v) is 3.80. The molecule has 1 aromatic carbocycles. The Morgan fingerprint density at radius 1 is 1.35 bits per heavy atom. The van der Waals surface area contributed by atoms with E-state index in [2.05, 4.69) is 15.4 Å². The highest BCUT2D eigenvalue weighted by Gasteiger charge is 2.30. The number of rotatable bonds is 3. The van der Waals surface area contributed by atoms with Gasteiger partial charge in [0.05, 0.1) is 0 Å². The number of fused-ring (bicyclic) bond motifs is 1. The van der Waals surface area contributed by atoms with Crippen molar-refractivity contribution in [2.75, 3.05) is 5.32 Å². The summed E-state index contributed by atoms with van der Waals surface area (Å²) in [5.74, 6) is -0.884. The fraction of sp³-hybridized carbons (Fsp3) is 0.188. The molecule has 0 atom stereocenters. The van der Waals surface area contributed by atoms with E-state index in [-0.39, 0.29) is 17.8 Å². The Kier molecular flexibility index (Phi) is 3.00. The first-order valence-corrected chi connectivity index (χ1v) is 7.27. The van der Waals surface area contributed by atoms with E-state index in [1.165, 1.54) is 16.6 Å². The van der Waals surface area contributed by atoms with Crippen molar-refractivity contribution in [3.8, 4) is 16.9 Å². The minimum absolute atomic E-state index is 0.0623. The fourth-order valence-electron chi connectivity index (χ4n) is 2.42. The van der Waals surface area contributed by atoms with E-state index in [1.807, 2.05) is 0 Å². The van der Waals surface area contributed by atoms with Gasteiger partial charge in [-0.15, -0.1) is 5.10 Å². The molecular weight excluding hydrogens is 299 g/mol. The van der Waals surface area contributed by atoms with Crippen molar-refractivity contribution in [1.82, 2.24) is 14.6 Å². The van der Waals surface area contributed by atoms with Gasteiger partial charge in [0.2, 0.25) is 11.9 Å². The van der Waals surface area contributed by atoms with Crippen LogP contribution in [0.5, 0.6) is 5.75 Å². The third-order valence-electron chi connectivity index (χ3n) is 3.80. The lowest BCUT2D eigenvalue weighted by molar-refractivity contribution is -0.117. The largest absolute Gasteiger partial charge is 0.505 e. The van der Waals surface area contributed by atoms with Crippen LogP contribution in [0.15, 0.2) is 36.5 Å². The minimum Gasteiger partial charge on any atom is -0.505 e. The zero-order valence-corrected chi connectivity index (χ0v) is 12.0. The van der Waals surface area contributed by atoms with Crippen LogP contribution in [0.3, 0.4) is 0 Å². The van der Waals surface area contributed by atoms with Gasteiger partial charge in [-0.3, -0.25) is 10.1 Å². The van der Waals surface area contributed by atoms with Gasteiger partial charge in [0, 0.05) is 17.7 Å². The molecular formula is C16H13FN4O2. The average molecular weight is 312 g/mol. The summed E-state index contributed by atoms with van der Waals surface area (Å²) >= 11 is 0. The van der Waals surface area contributed by atoms with Gasteiger partial charge < -0.3 is 5.11 Å². The van der Waals surface area contributed by atoms with Gasteiger partial charge in [-0.2, -0.15) is 4.98 Å². The topological polar surface area (TPSA) is 79.5 Å². The monoisotopic (exact) mass is 312 g/mol. The van der Waals surface area contributed by atoms with Gasteiger partial charge >= 0.3 is 0 Å². The molecule has 23 heavy (non-hydrogen) atoms. The molecule has 116 valence electrons. The van der Waals surface area contributed by atoms with Crippen LogP contribution in [0.2, 0.25) is 0 Å². The molecule has 1 saturated carbocycles. The molecule has 6 nitrogen and oxygen atoms in total. The summed E-state index contributed by atoms with van der Waals surface area (Å²) in [6.07, 6.45) is 3.50. The predicted molar refractivity (Wildman–Crippen MR) is 81.4 cm³/mol. The molecule has 2 aromatic heterocycles. The highest BCUT2D eigenvalue weighted by Crippen LogP contribution is 2.30. The van der Waals surface area contributed by atoms with E-state index in [1.54, 1.807) is 24.4 Å². The van der Waals surface area contributed by atoms with E-state index in [9.17, 15) is 14.3 Å². The second-order valence-electron chi connectivity index (χ2n) is 5.56. The van der Waals surface area contributed by atoms with Crippen LogP contribution in [-0.4, -0.2) is 25.6 Å². The maximum absolute atomic E-state index is 13.6. The Balaban J connectivity index is 1.75. The second-order valence-corrected chi connectivity index (χ2v) is 5.56. The molecule has 4 rings (SSSR count). The molecule has 1 aliphatic rings. The number of aromatic nitrogens is 3. The molecule has 0 saturated heterocycles. The lowest BCUT2D eigenvalue weighted by Crippen LogP contribution is -2.14. The van der Waals surface area contributed by atoms with Gasteiger partial charge in [0.15, 0.2) is 17.2 Å². The first-order valence-electron chi connectivity index (χ1n) is 7.27. The molecule has 2 heterocycles. The quantitative estimate of drug-likeness (QED) is 0.779. The van der Waals surface area contributed by atoms with Gasteiger partial charge in [0.25, 0.3) is 0 Å². The molecule has 0 radical (unpaired) electrons. The molecule has 1 aliphatic carbocycles. The van der Waals surface area contributed by atoms with E-state index in [0.717, 1.165) is 12.8 Å². The van der Waals surface area contributed by atoms with Crippen LogP contribution in [0, 0.1) is 11.7 Å². The molecule has 0 spiro atoms. The highest BCUT2D eigenvalue weighted by atomic mass is 19.1. The van der Waals surface area contributed by atoms with Gasteiger partial charge in [-0.05, 0) is 42.7 Å². The predicted octanol–water partition coefficient (Wildman–Crippen LogP) is 2.59. The fourth-order valence-corrected chi connectivity index (χ4v) is 2.42. The SMILES string of the molecule is O=C(Nc1nc2c(-c3ccc(O)c(F)c3)cccn2n1)C1CC1. The number of nitrogens with zero attached hydrogens (tertiary/aromatic N) is 3. The Labute approximate surface area is 130 Å². The van der Waals surface area contributed by atoms with Crippen molar-refractivity contribution in [1.29, 1.82) is 0 Å². The molecule has 0 unspecified atom stereocenters.